The van der Waals surface area contributed by atoms with E-state index >= 15 is 0 Å². The van der Waals surface area contributed by atoms with Gasteiger partial charge in [0.25, 0.3) is 0 Å². The minimum Gasteiger partial charge on any atom is -0.367 e. The van der Waals surface area contributed by atoms with Crippen molar-refractivity contribution in [2.75, 3.05) is 28.6 Å². The monoisotopic (exact) mass is 418 g/mol. The van der Waals surface area contributed by atoms with Crippen molar-refractivity contribution in [3.05, 3.63) is 41.9 Å². The quantitative estimate of drug-likeness (QED) is 0.622. The van der Waals surface area contributed by atoms with Crippen LogP contribution < -0.4 is 15.5 Å². The normalized spacial score (nSPS) is 18.5. The van der Waals surface area contributed by atoms with E-state index in [1.54, 1.807) is 12.3 Å². The lowest BCUT2D eigenvalue weighted by molar-refractivity contribution is 0.365. The number of nitrogens with zero attached hydrogens (tertiary/aromatic N) is 8. The number of nitriles is 1. The summed E-state index contributed by atoms with van der Waals surface area (Å²) in [5.41, 5.74) is 1.39. The van der Waals surface area contributed by atoms with Crippen molar-refractivity contribution in [1.29, 1.82) is 5.26 Å². The maximum atomic E-state index is 8.92. The van der Waals surface area contributed by atoms with E-state index in [0.29, 0.717) is 23.6 Å². The van der Waals surface area contributed by atoms with Crippen LogP contribution in [0.3, 0.4) is 0 Å². The molecular formula is C21H26N10. The van der Waals surface area contributed by atoms with Gasteiger partial charge in [-0.15, -0.1) is 10.2 Å². The smallest absolute Gasteiger partial charge is 0.230 e. The third-order valence-corrected chi connectivity index (χ3v) is 5.69. The highest BCUT2D eigenvalue weighted by molar-refractivity contribution is 5.51. The maximum Gasteiger partial charge on any atom is 0.230 e. The first-order chi connectivity index (χ1) is 15.1. The van der Waals surface area contributed by atoms with Crippen molar-refractivity contribution in [3.8, 4) is 6.07 Å². The first-order valence-corrected chi connectivity index (χ1v) is 10.4. The van der Waals surface area contributed by atoms with E-state index in [4.69, 9.17) is 5.26 Å². The van der Waals surface area contributed by atoms with Gasteiger partial charge in [-0.1, -0.05) is 6.92 Å². The van der Waals surface area contributed by atoms with Crippen molar-refractivity contribution in [2.24, 2.45) is 13.0 Å². The van der Waals surface area contributed by atoms with Crippen LogP contribution in [0.4, 0.5) is 23.4 Å². The summed E-state index contributed by atoms with van der Waals surface area (Å²) in [7, 11) is 1.90. The number of piperidine rings is 1. The van der Waals surface area contributed by atoms with Crippen LogP contribution in [0.1, 0.15) is 31.2 Å². The molecule has 160 valence electrons. The Morgan fingerprint density at radius 1 is 1.23 bits per heavy atom. The second-order valence-electron chi connectivity index (χ2n) is 7.73. The van der Waals surface area contributed by atoms with Gasteiger partial charge in [0.15, 0.2) is 17.3 Å². The fourth-order valence-corrected chi connectivity index (χ4v) is 3.82. The van der Waals surface area contributed by atoms with E-state index in [9.17, 15) is 0 Å². The predicted octanol–water partition coefficient (Wildman–Crippen LogP) is 2.64. The summed E-state index contributed by atoms with van der Waals surface area (Å²) in [5, 5.41) is 28.2. The van der Waals surface area contributed by atoms with Crippen LogP contribution in [0.25, 0.3) is 0 Å². The van der Waals surface area contributed by atoms with Gasteiger partial charge in [-0.3, -0.25) is 4.68 Å². The summed E-state index contributed by atoms with van der Waals surface area (Å²) in [6.45, 7) is 5.93. The summed E-state index contributed by atoms with van der Waals surface area (Å²) < 4.78 is 1.81. The molecule has 1 aliphatic rings. The standard InChI is InChI=1S/C21H26N10/c1-4-15-13-31(20-6-5-16(12-22)27-28-20)10-8-17(15)24-18-7-9-23-21(25-18)26-19-11-14(2)30(3)29-19/h5-7,9,11,15,17H,4,8,10,13H2,1-3H3,(H2,23,24,25,26,29). The molecule has 0 aliphatic carbocycles. The molecule has 3 aromatic heterocycles. The third-order valence-electron chi connectivity index (χ3n) is 5.69. The van der Waals surface area contributed by atoms with Gasteiger partial charge in [-0.25, -0.2) is 4.98 Å². The van der Waals surface area contributed by atoms with E-state index in [2.05, 4.69) is 47.7 Å². The first-order valence-electron chi connectivity index (χ1n) is 10.4. The lowest BCUT2D eigenvalue weighted by Crippen LogP contribution is -2.46. The van der Waals surface area contributed by atoms with Gasteiger partial charge in [-0.2, -0.15) is 15.3 Å². The van der Waals surface area contributed by atoms with E-state index in [1.807, 2.05) is 42.9 Å². The average molecular weight is 419 g/mol. The number of hydrogen-bond acceptors (Lipinski definition) is 9. The van der Waals surface area contributed by atoms with Gasteiger partial charge in [0.2, 0.25) is 5.95 Å². The molecule has 1 saturated heterocycles. The fraction of sp³-hybridized carbons (Fsp3) is 0.429. The van der Waals surface area contributed by atoms with Crippen LogP contribution in [0.2, 0.25) is 0 Å². The Kier molecular flexibility index (Phi) is 5.93. The summed E-state index contributed by atoms with van der Waals surface area (Å²) in [6.07, 6.45) is 3.73. The maximum absolute atomic E-state index is 8.92. The largest absolute Gasteiger partial charge is 0.367 e. The predicted molar refractivity (Wildman–Crippen MR) is 118 cm³/mol. The molecule has 10 heteroatoms. The van der Waals surface area contributed by atoms with Crippen LogP contribution in [0.15, 0.2) is 30.5 Å². The highest BCUT2D eigenvalue weighted by Gasteiger charge is 2.29. The third kappa shape index (κ3) is 4.71. The zero-order chi connectivity index (χ0) is 21.8. The van der Waals surface area contributed by atoms with Gasteiger partial charge >= 0.3 is 0 Å². The molecule has 1 fully saturated rings. The highest BCUT2D eigenvalue weighted by atomic mass is 15.3. The Balaban J connectivity index is 1.41. The molecule has 4 rings (SSSR count). The number of rotatable bonds is 6. The summed E-state index contributed by atoms with van der Waals surface area (Å²) in [4.78, 5) is 11.2. The van der Waals surface area contributed by atoms with Crippen LogP contribution in [-0.2, 0) is 7.05 Å². The number of anilines is 4. The molecule has 4 heterocycles. The molecule has 3 aromatic rings. The molecule has 2 N–H and O–H groups in total. The number of aromatic nitrogens is 6. The second-order valence-corrected chi connectivity index (χ2v) is 7.73. The molecule has 2 unspecified atom stereocenters. The fourth-order valence-electron chi connectivity index (χ4n) is 3.82. The van der Waals surface area contributed by atoms with E-state index in [0.717, 1.165) is 49.1 Å². The summed E-state index contributed by atoms with van der Waals surface area (Å²) in [5.74, 6) is 3.27. The van der Waals surface area contributed by atoms with E-state index < -0.39 is 0 Å². The summed E-state index contributed by atoms with van der Waals surface area (Å²) in [6, 6.07) is 9.74. The lowest BCUT2D eigenvalue weighted by atomic mass is 9.90. The van der Waals surface area contributed by atoms with Gasteiger partial charge in [0.1, 0.15) is 11.9 Å². The molecule has 2 atom stereocenters. The van der Waals surface area contributed by atoms with E-state index in [1.165, 1.54) is 0 Å². The van der Waals surface area contributed by atoms with Crippen molar-refractivity contribution >= 4 is 23.4 Å². The van der Waals surface area contributed by atoms with Gasteiger partial charge in [-0.05, 0) is 43.9 Å². The molecule has 0 saturated carbocycles. The number of hydrogen-bond donors (Lipinski definition) is 2. The Morgan fingerprint density at radius 2 is 2.10 bits per heavy atom. The minimum atomic E-state index is 0.299. The lowest BCUT2D eigenvalue weighted by Gasteiger charge is -2.39. The Hall–Kier alpha value is -3.74. The van der Waals surface area contributed by atoms with Crippen molar-refractivity contribution in [2.45, 2.75) is 32.7 Å². The molecular weight excluding hydrogens is 392 g/mol. The number of aryl methyl sites for hydroxylation is 2. The van der Waals surface area contributed by atoms with E-state index in [-0.39, 0.29) is 0 Å². The summed E-state index contributed by atoms with van der Waals surface area (Å²) >= 11 is 0. The topological polar surface area (TPSA) is 120 Å². The molecule has 31 heavy (non-hydrogen) atoms. The molecule has 0 radical (unpaired) electrons. The van der Waals surface area contributed by atoms with Crippen molar-refractivity contribution < 1.29 is 0 Å². The van der Waals surface area contributed by atoms with Crippen LogP contribution >= 0.6 is 0 Å². The average Bonchev–Trinajstić information content (AvgIpc) is 3.11. The molecule has 0 amide bonds. The Bertz CT molecular complexity index is 1050. The SMILES string of the molecule is CCC1CN(c2ccc(C#N)nn2)CCC1Nc1ccnc(Nc2cc(C)n(C)n2)n1. The first kappa shape index (κ1) is 20.5. The van der Waals surface area contributed by atoms with Crippen LogP contribution in [0, 0.1) is 24.2 Å². The number of nitrogens with one attached hydrogen (secondary N) is 2. The van der Waals surface area contributed by atoms with Crippen molar-refractivity contribution in [3.63, 3.8) is 0 Å². The van der Waals surface area contributed by atoms with Gasteiger partial charge in [0, 0.05) is 44.1 Å². The Labute approximate surface area is 181 Å². The van der Waals surface area contributed by atoms with Gasteiger partial charge in [0.05, 0.1) is 0 Å². The minimum absolute atomic E-state index is 0.299. The molecule has 1 aliphatic heterocycles. The second kappa shape index (κ2) is 8.95. The zero-order valence-electron chi connectivity index (χ0n) is 17.9. The zero-order valence-corrected chi connectivity index (χ0v) is 17.9. The van der Waals surface area contributed by atoms with Gasteiger partial charge < -0.3 is 15.5 Å². The molecule has 0 spiro atoms. The van der Waals surface area contributed by atoms with Crippen molar-refractivity contribution in [1.82, 2.24) is 29.9 Å². The highest BCUT2D eigenvalue weighted by Crippen LogP contribution is 2.26. The molecule has 0 bridgehead atoms. The van der Waals surface area contributed by atoms with Crippen LogP contribution in [-0.4, -0.2) is 49.1 Å². The van der Waals surface area contributed by atoms with Crippen LogP contribution in [0.5, 0.6) is 0 Å². The molecule has 10 nitrogen and oxygen atoms in total. The Morgan fingerprint density at radius 3 is 2.77 bits per heavy atom. The molecule has 0 aromatic carbocycles.